The van der Waals surface area contributed by atoms with Crippen LogP contribution in [0.4, 0.5) is 5.69 Å². The Kier molecular flexibility index (Phi) is 4.36. The first-order valence-electron chi connectivity index (χ1n) is 7.99. The Labute approximate surface area is 151 Å². The molecule has 2 N–H and O–H groups in total. The molecule has 25 heavy (non-hydrogen) atoms. The molecule has 2 aromatic carbocycles. The van der Waals surface area contributed by atoms with Crippen LogP contribution in [0.1, 0.15) is 47.3 Å². The van der Waals surface area contributed by atoms with E-state index >= 15 is 0 Å². The van der Waals surface area contributed by atoms with Crippen molar-refractivity contribution in [2.45, 2.75) is 32.2 Å². The van der Waals surface area contributed by atoms with E-state index in [1.54, 1.807) is 30.3 Å². The third-order valence-corrected chi connectivity index (χ3v) is 4.59. The second-order valence-electron chi connectivity index (χ2n) is 6.87. The number of benzene rings is 2. The first kappa shape index (κ1) is 17.2. The Bertz CT molecular complexity index is 921. The van der Waals surface area contributed by atoms with Crippen molar-refractivity contribution in [3.05, 3.63) is 63.7 Å². The molecule has 1 aliphatic heterocycles. The molecule has 0 aliphatic carbocycles. The van der Waals surface area contributed by atoms with E-state index in [4.69, 9.17) is 27.6 Å². The molecule has 2 aromatic rings. The SMILES string of the molecule is CC1(C)Cc2cc(Cl)c(N)cc2C(CC(=O)c2ccc(C#N)cc2)=N1. The zero-order valence-electron chi connectivity index (χ0n) is 14.1. The van der Waals surface area contributed by atoms with Crippen molar-refractivity contribution < 1.29 is 4.79 Å². The molecule has 0 saturated heterocycles. The molecule has 3 rings (SSSR count). The summed E-state index contributed by atoms with van der Waals surface area (Å²) >= 11 is 6.16. The number of rotatable bonds is 3. The Morgan fingerprint density at radius 1 is 1.32 bits per heavy atom. The van der Waals surface area contributed by atoms with Crippen LogP contribution in [0.3, 0.4) is 0 Å². The van der Waals surface area contributed by atoms with Crippen LogP contribution in [-0.2, 0) is 6.42 Å². The number of hydrogen-bond acceptors (Lipinski definition) is 4. The molecule has 0 bridgehead atoms. The lowest BCUT2D eigenvalue weighted by Crippen LogP contribution is -2.30. The van der Waals surface area contributed by atoms with Gasteiger partial charge in [0.15, 0.2) is 5.78 Å². The summed E-state index contributed by atoms with van der Waals surface area (Å²) < 4.78 is 0. The van der Waals surface area contributed by atoms with Gasteiger partial charge in [0.25, 0.3) is 0 Å². The van der Waals surface area contributed by atoms with Crippen LogP contribution in [0.25, 0.3) is 0 Å². The molecule has 5 heteroatoms. The smallest absolute Gasteiger partial charge is 0.168 e. The number of Topliss-reactive ketones (excluding diaryl/α,β-unsaturated/α-hetero) is 1. The molecule has 0 atom stereocenters. The average molecular weight is 352 g/mol. The van der Waals surface area contributed by atoms with Gasteiger partial charge in [-0.1, -0.05) is 23.7 Å². The van der Waals surface area contributed by atoms with Crippen LogP contribution in [0.15, 0.2) is 41.4 Å². The van der Waals surface area contributed by atoms with Crippen molar-refractivity contribution in [3.63, 3.8) is 0 Å². The lowest BCUT2D eigenvalue weighted by atomic mass is 9.85. The second-order valence-corrected chi connectivity index (χ2v) is 7.27. The molecule has 0 fully saturated rings. The minimum absolute atomic E-state index is 0.0413. The van der Waals surface area contributed by atoms with Gasteiger partial charge in [-0.2, -0.15) is 5.26 Å². The van der Waals surface area contributed by atoms with Gasteiger partial charge in [-0.25, -0.2) is 0 Å². The van der Waals surface area contributed by atoms with Crippen LogP contribution >= 0.6 is 11.6 Å². The molecule has 0 aromatic heterocycles. The topological polar surface area (TPSA) is 79.2 Å². The predicted octanol–water partition coefficient (Wildman–Crippen LogP) is 4.19. The van der Waals surface area contributed by atoms with Gasteiger partial charge in [-0.05, 0) is 50.1 Å². The summed E-state index contributed by atoms with van der Waals surface area (Å²) in [6.07, 6.45) is 0.931. The minimum atomic E-state index is -0.299. The first-order chi connectivity index (χ1) is 11.8. The summed E-state index contributed by atoms with van der Waals surface area (Å²) in [5.74, 6) is -0.0413. The third kappa shape index (κ3) is 3.57. The number of anilines is 1. The monoisotopic (exact) mass is 351 g/mol. The first-order valence-corrected chi connectivity index (χ1v) is 8.37. The lowest BCUT2D eigenvalue weighted by Gasteiger charge is -2.29. The molecule has 126 valence electrons. The molecule has 1 heterocycles. The van der Waals surface area contributed by atoms with Gasteiger partial charge >= 0.3 is 0 Å². The quantitative estimate of drug-likeness (QED) is 0.665. The molecule has 1 aliphatic rings. The normalized spacial score (nSPS) is 15.0. The second kappa shape index (κ2) is 6.34. The minimum Gasteiger partial charge on any atom is -0.398 e. The van der Waals surface area contributed by atoms with E-state index in [2.05, 4.69) is 0 Å². The number of nitrogen functional groups attached to an aromatic ring is 1. The molecule has 0 saturated carbocycles. The molecule has 0 unspecified atom stereocenters. The van der Waals surface area contributed by atoms with Gasteiger partial charge in [0, 0.05) is 11.1 Å². The van der Waals surface area contributed by atoms with Crippen molar-refractivity contribution in [2.24, 2.45) is 4.99 Å². The van der Waals surface area contributed by atoms with Crippen molar-refractivity contribution in [1.82, 2.24) is 0 Å². The molecule has 0 amide bonds. The van der Waals surface area contributed by atoms with E-state index in [0.717, 1.165) is 23.3 Å². The van der Waals surface area contributed by atoms with Crippen molar-refractivity contribution >= 4 is 28.8 Å². The maximum atomic E-state index is 12.7. The highest BCUT2D eigenvalue weighted by molar-refractivity contribution is 6.33. The van der Waals surface area contributed by atoms with E-state index in [0.29, 0.717) is 21.8 Å². The summed E-state index contributed by atoms with van der Waals surface area (Å²) in [7, 11) is 0. The number of hydrogen-bond donors (Lipinski definition) is 1. The highest BCUT2D eigenvalue weighted by Gasteiger charge is 2.28. The lowest BCUT2D eigenvalue weighted by molar-refractivity contribution is 0.100. The number of halogens is 1. The number of nitrogens with zero attached hydrogens (tertiary/aromatic N) is 2. The number of nitrogens with two attached hydrogens (primary N) is 1. The zero-order chi connectivity index (χ0) is 18.2. The molecule has 4 nitrogen and oxygen atoms in total. The number of nitriles is 1. The largest absolute Gasteiger partial charge is 0.398 e. The van der Waals surface area contributed by atoms with E-state index in [-0.39, 0.29) is 17.7 Å². The van der Waals surface area contributed by atoms with Crippen molar-refractivity contribution in [2.75, 3.05) is 5.73 Å². The van der Waals surface area contributed by atoms with Crippen LogP contribution in [0.2, 0.25) is 5.02 Å². The highest BCUT2D eigenvalue weighted by Crippen LogP contribution is 2.33. The summed E-state index contributed by atoms with van der Waals surface area (Å²) in [4.78, 5) is 17.4. The van der Waals surface area contributed by atoms with Gasteiger partial charge in [-0.15, -0.1) is 0 Å². The number of fused-ring (bicyclic) bond motifs is 1. The Hall–Kier alpha value is -2.64. The van der Waals surface area contributed by atoms with E-state index < -0.39 is 0 Å². The Morgan fingerprint density at radius 2 is 2.00 bits per heavy atom. The fraction of sp³-hybridized carbons (Fsp3) is 0.250. The van der Waals surface area contributed by atoms with E-state index in [9.17, 15) is 4.79 Å². The molecular weight excluding hydrogens is 334 g/mol. The summed E-state index contributed by atoms with van der Waals surface area (Å²) in [6, 6.07) is 12.4. The van der Waals surface area contributed by atoms with Crippen LogP contribution in [-0.4, -0.2) is 17.0 Å². The van der Waals surface area contributed by atoms with Crippen molar-refractivity contribution in [1.29, 1.82) is 5.26 Å². The number of ketones is 1. The Morgan fingerprint density at radius 3 is 2.64 bits per heavy atom. The van der Waals surface area contributed by atoms with E-state index in [1.165, 1.54) is 0 Å². The summed E-state index contributed by atoms with van der Waals surface area (Å²) in [6.45, 7) is 4.07. The standard InChI is InChI=1S/C20H18ClN3O/c1-20(2)10-14-7-16(21)17(23)8-15(14)18(24-20)9-19(25)13-5-3-12(11-22)4-6-13/h3-8H,9-10,23H2,1-2H3. The summed E-state index contributed by atoms with van der Waals surface area (Å²) in [5, 5.41) is 9.39. The molecular formula is C20H18ClN3O. The predicted molar refractivity (Wildman–Crippen MR) is 100 cm³/mol. The molecule has 0 spiro atoms. The van der Waals surface area contributed by atoms with Crippen LogP contribution in [0.5, 0.6) is 0 Å². The third-order valence-electron chi connectivity index (χ3n) is 4.26. The van der Waals surface area contributed by atoms with Gasteiger partial charge < -0.3 is 5.73 Å². The van der Waals surface area contributed by atoms with Crippen LogP contribution in [0, 0.1) is 11.3 Å². The fourth-order valence-electron chi connectivity index (χ4n) is 3.10. The number of carbonyl (C=O) groups is 1. The molecule has 0 radical (unpaired) electrons. The Balaban J connectivity index is 1.95. The number of aliphatic imine (C=N–C) groups is 1. The highest BCUT2D eigenvalue weighted by atomic mass is 35.5. The fourth-order valence-corrected chi connectivity index (χ4v) is 3.28. The zero-order valence-corrected chi connectivity index (χ0v) is 14.9. The summed E-state index contributed by atoms with van der Waals surface area (Å²) in [5.41, 5.74) is 9.90. The van der Waals surface area contributed by atoms with Gasteiger partial charge in [-0.3, -0.25) is 9.79 Å². The van der Waals surface area contributed by atoms with Crippen LogP contribution < -0.4 is 5.73 Å². The van der Waals surface area contributed by atoms with E-state index in [1.807, 2.05) is 26.0 Å². The number of carbonyl (C=O) groups excluding carboxylic acids is 1. The average Bonchev–Trinajstić information content (AvgIpc) is 2.56. The maximum Gasteiger partial charge on any atom is 0.168 e. The van der Waals surface area contributed by atoms with Crippen molar-refractivity contribution in [3.8, 4) is 6.07 Å². The van der Waals surface area contributed by atoms with Gasteiger partial charge in [0.05, 0.1) is 40.0 Å². The van der Waals surface area contributed by atoms with Gasteiger partial charge in [0.1, 0.15) is 0 Å². The maximum absolute atomic E-state index is 12.7. The van der Waals surface area contributed by atoms with Gasteiger partial charge in [0.2, 0.25) is 0 Å².